The summed E-state index contributed by atoms with van der Waals surface area (Å²) in [6, 6.07) is 5.88. The summed E-state index contributed by atoms with van der Waals surface area (Å²) < 4.78 is 40.1. The first kappa shape index (κ1) is 14.9. The zero-order chi connectivity index (χ0) is 14.9. The van der Waals surface area contributed by atoms with E-state index in [0.717, 1.165) is 33.4 Å². The van der Waals surface area contributed by atoms with E-state index in [9.17, 15) is 13.2 Å². The van der Waals surface area contributed by atoms with Crippen LogP contribution in [0.4, 0.5) is 18.9 Å². The molecule has 0 radical (unpaired) electrons. The number of hydrogen-bond donors (Lipinski definition) is 1. The maximum absolute atomic E-state index is 13.1. The van der Waals surface area contributed by atoms with Gasteiger partial charge in [0.05, 0.1) is 0 Å². The Labute approximate surface area is 123 Å². The van der Waals surface area contributed by atoms with Crippen LogP contribution < -0.4 is 5.32 Å². The fourth-order valence-corrected chi connectivity index (χ4v) is 2.78. The van der Waals surface area contributed by atoms with Crippen molar-refractivity contribution in [3.8, 4) is 0 Å². The third-order valence-corrected chi connectivity index (χ3v) is 3.47. The van der Waals surface area contributed by atoms with Crippen molar-refractivity contribution in [1.82, 2.24) is 0 Å². The van der Waals surface area contributed by atoms with E-state index in [-0.39, 0.29) is 6.54 Å². The van der Waals surface area contributed by atoms with E-state index in [4.69, 9.17) is 0 Å². The Hall–Kier alpha value is -1.49. The second-order valence-electron chi connectivity index (χ2n) is 4.64. The number of hydrogen-bond acceptors (Lipinski definition) is 1. The molecule has 1 nitrogen and oxygen atoms in total. The van der Waals surface area contributed by atoms with Gasteiger partial charge >= 0.3 is 0 Å². The van der Waals surface area contributed by atoms with Crippen LogP contribution in [0.2, 0.25) is 0 Å². The first-order chi connectivity index (χ1) is 9.38. The van der Waals surface area contributed by atoms with Crippen molar-refractivity contribution < 1.29 is 13.2 Å². The maximum Gasteiger partial charge on any atom is 0.194 e. The molecule has 0 aliphatic heterocycles. The van der Waals surface area contributed by atoms with Gasteiger partial charge in [0.25, 0.3) is 0 Å². The molecule has 5 heteroatoms. The van der Waals surface area contributed by atoms with E-state index >= 15 is 0 Å². The Balaban J connectivity index is 2.21. The molecule has 0 aliphatic carbocycles. The fraction of sp³-hybridized carbons (Fsp3) is 0.200. The molecule has 106 valence electrons. The van der Waals surface area contributed by atoms with Crippen LogP contribution >= 0.6 is 15.9 Å². The number of anilines is 1. The predicted molar refractivity (Wildman–Crippen MR) is 77.3 cm³/mol. The van der Waals surface area contributed by atoms with Crippen molar-refractivity contribution in [3.05, 3.63) is 62.9 Å². The first-order valence-corrected chi connectivity index (χ1v) is 6.82. The highest BCUT2D eigenvalue weighted by Gasteiger charge is 2.11. The summed E-state index contributed by atoms with van der Waals surface area (Å²) in [5, 5.41) is 3.12. The molecular formula is C15H13BrF3N. The molecule has 0 atom stereocenters. The highest BCUT2D eigenvalue weighted by molar-refractivity contribution is 9.10. The molecular weight excluding hydrogens is 331 g/mol. The highest BCUT2D eigenvalue weighted by Crippen LogP contribution is 2.26. The van der Waals surface area contributed by atoms with Gasteiger partial charge in [0.1, 0.15) is 0 Å². The SMILES string of the molecule is Cc1cc(Br)cc(C)c1NCc1cc(F)c(F)c(F)c1. The van der Waals surface area contributed by atoms with Gasteiger partial charge in [0.2, 0.25) is 0 Å². The lowest BCUT2D eigenvalue weighted by molar-refractivity contribution is 0.445. The van der Waals surface area contributed by atoms with Crippen LogP contribution in [-0.4, -0.2) is 0 Å². The van der Waals surface area contributed by atoms with Gasteiger partial charge in [-0.25, -0.2) is 13.2 Å². The Kier molecular flexibility index (Phi) is 4.38. The van der Waals surface area contributed by atoms with Crippen LogP contribution in [0.1, 0.15) is 16.7 Å². The standard InChI is InChI=1S/C15H13BrF3N/c1-8-3-11(16)4-9(2)15(8)20-7-10-5-12(17)14(19)13(18)6-10/h3-6,20H,7H2,1-2H3. The van der Waals surface area contributed by atoms with Crippen LogP contribution in [0.3, 0.4) is 0 Å². The van der Waals surface area contributed by atoms with E-state index < -0.39 is 17.5 Å². The summed E-state index contributed by atoms with van der Waals surface area (Å²) in [6.45, 7) is 4.09. The van der Waals surface area contributed by atoms with Crippen molar-refractivity contribution >= 4 is 21.6 Å². The molecule has 0 heterocycles. The second kappa shape index (κ2) is 5.87. The monoisotopic (exact) mass is 343 g/mol. The van der Waals surface area contributed by atoms with E-state index in [2.05, 4.69) is 21.2 Å². The lowest BCUT2D eigenvalue weighted by Gasteiger charge is -2.13. The Morgan fingerprint density at radius 2 is 1.45 bits per heavy atom. The number of rotatable bonds is 3. The summed E-state index contributed by atoms with van der Waals surface area (Å²) >= 11 is 3.40. The van der Waals surface area contributed by atoms with Gasteiger partial charge < -0.3 is 5.32 Å². The number of aryl methyl sites for hydroxylation is 2. The minimum absolute atomic E-state index is 0.220. The van der Waals surface area contributed by atoms with Gasteiger partial charge in [-0.2, -0.15) is 0 Å². The van der Waals surface area contributed by atoms with Crippen molar-refractivity contribution in [2.75, 3.05) is 5.32 Å². The molecule has 0 saturated heterocycles. The predicted octanol–water partition coefficient (Wildman–Crippen LogP) is 5.10. The summed E-state index contributed by atoms with van der Waals surface area (Å²) in [6.07, 6.45) is 0. The summed E-state index contributed by atoms with van der Waals surface area (Å²) in [5.41, 5.74) is 3.28. The number of nitrogens with one attached hydrogen (secondary N) is 1. The van der Waals surface area contributed by atoms with Crippen LogP contribution in [0.15, 0.2) is 28.7 Å². The third-order valence-electron chi connectivity index (χ3n) is 3.01. The molecule has 2 aromatic carbocycles. The average Bonchev–Trinajstić information content (AvgIpc) is 2.34. The molecule has 0 saturated carbocycles. The third kappa shape index (κ3) is 3.15. The zero-order valence-electron chi connectivity index (χ0n) is 11.0. The van der Waals surface area contributed by atoms with Crippen LogP contribution in [0.25, 0.3) is 0 Å². The van der Waals surface area contributed by atoms with Gasteiger partial charge in [-0.1, -0.05) is 15.9 Å². The van der Waals surface area contributed by atoms with Gasteiger partial charge in [0, 0.05) is 16.7 Å². The molecule has 1 N–H and O–H groups in total. The van der Waals surface area contributed by atoms with Gasteiger partial charge in [-0.15, -0.1) is 0 Å². The Morgan fingerprint density at radius 3 is 1.95 bits per heavy atom. The Bertz CT molecular complexity index is 610. The topological polar surface area (TPSA) is 12.0 Å². The van der Waals surface area contributed by atoms with Crippen LogP contribution in [-0.2, 0) is 6.54 Å². The van der Waals surface area contributed by atoms with E-state index in [1.165, 1.54) is 0 Å². The molecule has 0 aromatic heterocycles. The normalized spacial score (nSPS) is 10.7. The lowest BCUT2D eigenvalue weighted by atomic mass is 10.1. The summed E-state index contributed by atoms with van der Waals surface area (Å²) in [7, 11) is 0. The van der Waals surface area contributed by atoms with E-state index in [1.807, 2.05) is 26.0 Å². The van der Waals surface area contributed by atoms with Crippen molar-refractivity contribution in [3.63, 3.8) is 0 Å². The molecule has 0 spiro atoms. The summed E-state index contributed by atoms with van der Waals surface area (Å²) in [5.74, 6) is -3.79. The minimum Gasteiger partial charge on any atom is -0.381 e. The van der Waals surface area contributed by atoms with E-state index in [0.29, 0.717) is 5.56 Å². The van der Waals surface area contributed by atoms with Gasteiger partial charge in [0.15, 0.2) is 17.5 Å². The number of benzene rings is 2. The molecule has 20 heavy (non-hydrogen) atoms. The van der Waals surface area contributed by atoms with E-state index in [1.54, 1.807) is 0 Å². The molecule has 2 aromatic rings. The molecule has 0 fully saturated rings. The molecule has 0 bridgehead atoms. The Morgan fingerprint density at radius 1 is 0.950 bits per heavy atom. The van der Waals surface area contributed by atoms with Gasteiger partial charge in [-0.05, 0) is 54.8 Å². The van der Waals surface area contributed by atoms with Gasteiger partial charge in [-0.3, -0.25) is 0 Å². The van der Waals surface area contributed by atoms with Crippen molar-refractivity contribution in [2.24, 2.45) is 0 Å². The van der Waals surface area contributed by atoms with Crippen LogP contribution in [0, 0.1) is 31.3 Å². The second-order valence-corrected chi connectivity index (χ2v) is 5.56. The molecule has 0 unspecified atom stereocenters. The first-order valence-electron chi connectivity index (χ1n) is 6.02. The molecule has 2 rings (SSSR count). The average molecular weight is 344 g/mol. The van der Waals surface area contributed by atoms with Crippen LogP contribution in [0.5, 0.6) is 0 Å². The number of halogens is 4. The lowest BCUT2D eigenvalue weighted by Crippen LogP contribution is -2.05. The highest BCUT2D eigenvalue weighted by atomic mass is 79.9. The smallest absolute Gasteiger partial charge is 0.194 e. The largest absolute Gasteiger partial charge is 0.381 e. The molecule has 0 aliphatic rings. The zero-order valence-corrected chi connectivity index (χ0v) is 12.6. The maximum atomic E-state index is 13.1. The fourth-order valence-electron chi connectivity index (χ4n) is 2.09. The minimum atomic E-state index is -1.44. The molecule has 0 amide bonds. The summed E-state index contributed by atoms with van der Waals surface area (Å²) in [4.78, 5) is 0. The van der Waals surface area contributed by atoms with Crippen molar-refractivity contribution in [1.29, 1.82) is 0 Å². The van der Waals surface area contributed by atoms with Crippen molar-refractivity contribution in [2.45, 2.75) is 20.4 Å². The quantitative estimate of drug-likeness (QED) is 0.765.